The van der Waals surface area contributed by atoms with E-state index in [1.807, 2.05) is 29.7 Å². The molecule has 0 saturated carbocycles. The summed E-state index contributed by atoms with van der Waals surface area (Å²) < 4.78 is 27.1. The molecule has 2 atom stereocenters. The monoisotopic (exact) mass is 390 g/mol. The van der Waals surface area contributed by atoms with E-state index in [4.69, 9.17) is 11.6 Å². The third-order valence-electron chi connectivity index (χ3n) is 3.94. The fourth-order valence-corrected chi connectivity index (χ4v) is 5.20. The molecule has 4 nitrogen and oxygen atoms in total. The molecule has 1 fully saturated rings. The summed E-state index contributed by atoms with van der Waals surface area (Å²) in [5.41, 5.74) is 1.77. The predicted molar refractivity (Wildman–Crippen MR) is 88.5 cm³/mol. The van der Waals surface area contributed by atoms with Crippen LogP contribution < -0.4 is 0 Å². The fraction of sp³-hybridized carbons (Fsp3) is 0.500. The van der Waals surface area contributed by atoms with Crippen molar-refractivity contribution in [1.29, 1.82) is 0 Å². The van der Waals surface area contributed by atoms with Crippen molar-refractivity contribution in [3.05, 3.63) is 28.5 Å². The minimum absolute atomic E-state index is 0.264. The van der Waals surface area contributed by atoms with E-state index in [-0.39, 0.29) is 10.6 Å². The van der Waals surface area contributed by atoms with E-state index in [0.717, 1.165) is 27.8 Å². The number of rotatable bonds is 3. The zero-order valence-electron chi connectivity index (χ0n) is 11.6. The summed E-state index contributed by atoms with van der Waals surface area (Å²) in [6, 6.07) is 5.81. The normalized spacial score (nSPS) is 22.7. The molecular formula is C14H16BrClN2O2S. The molecule has 2 unspecified atom stereocenters. The van der Waals surface area contributed by atoms with E-state index in [0.29, 0.717) is 18.7 Å². The first kappa shape index (κ1) is 15.3. The Morgan fingerprint density at radius 3 is 2.90 bits per heavy atom. The predicted octanol–water partition coefficient (Wildman–Crippen LogP) is 3.68. The topological polar surface area (TPSA) is 52.0 Å². The van der Waals surface area contributed by atoms with Gasteiger partial charge in [-0.15, -0.1) is 11.6 Å². The zero-order valence-corrected chi connectivity index (χ0v) is 14.7. The van der Waals surface area contributed by atoms with E-state index in [1.165, 1.54) is 0 Å². The quantitative estimate of drug-likeness (QED) is 0.750. The molecule has 0 amide bonds. The number of fused-ring (bicyclic) bond motifs is 1. The number of alkyl halides is 1. The maximum absolute atomic E-state index is 12.1. The van der Waals surface area contributed by atoms with Crippen molar-refractivity contribution in [1.82, 2.24) is 9.55 Å². The van der Waals surface area contributed by atoms with Gasteiger partial charge in [-0.05, 0) is 38.0 Å². The third kappa shape index (κ3) is 2.85. The first-order valence-electron chi connectivity index (χ1n) is 6.90. The van der Waals surface area contributed by atoms with Crippen LogP contribution in [0.5, 0.6) is 0 Å². The van der Waals surface area contributed by atoms with Crippen LogP contribution in [0.1, 0.15) is 31.0 Å². The van der Waals surface area contributed by atoms with Gasteiger partial charge in [-0.1, -0.05) is 15.9 Å². The lowest BCUT2D eigenvalue weighted by Gasteiger charge is -2.15. The zero-order chi connectivity index (χ0) is 15.2. The molecule has 1 aliphatic rings. The molecule has 1 aromatic carbocycles. The first-order valence-corrected chi connectivity index (χ1v) is 9.84. The van der Waals surface area contributed by atoms with E-state index in [9.17, 15) is 8.42 Å². The summed E-state index contributed by atoms with van der Waals surface area (Å²) >= 11 is 9.69. The maximum atomic E-state index is 12.1. The highest BCUT2D eigenvalue weighted by Gasteiger charge is 2.32. The minimum Gasteiger partial charge on any atom is -0.325 e. The van der Waals surface area contributed by atoms with E-state index >= 15 is 0 Å². The lowest BCUT2D eigenvalue weighted by Crippen LogP contribution is -2.23. The number of nitrogens with zero attached hydrogens (tertiary/aromatic N) is 2. The number of aromatic nitrogens is 2. The third-order valence-corrected chi connectivity index (χ3v) is 6.89. The Morgan fingerprint density at radius 2 is 2.29 bits per heavy atom. The van der Waals surface area contributed by atoms with Crippen molar-refractivity contribution in [3.63, 3.8) is 0 Å². The van der Waals surface area contributed by atoms with Gasteiger partial charge in [-0.2, -0.15) is 0 Å². The standard InChI is InChI=1S/C14H16BrClN2O2S/c1-9(16)14-17-12-5-4-10(15)7-13(12)18(14)8-11-3-2-6-21(11,19)20/h4-5,7,9,11H,2-3,6,8H2,1H3. The lowest BCUT2D eigenvalue weighted by atomic mass is 10.2. The lowest BCUT2D eigenvalue weighted by molar-refractivity contribution is 0.562. The van der Waals surface area contributed by atoms with Crippen molar-refractivity contribution in [3.8, 4) is 0 Å². The maximum Gasteiger partial charge on any atom is 0.154 e. The molecule has 1 aliphatic heterocycles. The minimum atomic E-state index is -2.99. The summed E-state index contributed by atoms with van der Waals surface area (Å²) in [5, 5.41) is -0.594. The van der Waals surface area contributed by atoms with Crippen LogP contribution >= 0.6 is 27.5 Å². The summed E-state index contributed by atoms with van der Waals surface area (Å²) in [6.45, 7) is 2.29. The number of halogens is 2. The van der Waals surface area contributed by atoms with Crippen LogP contribution in [0.4, 0.5) is 0 Å². The van der Waals surface area contributed by atoms with Crippen LogP contribution in [-0.4, -0.2) is 29.0 Å². The fourth-order valence-electron chi connectivity index (χ4n) is 2.88. The molecule has 21 heavy (non-hydrogen) atoms. The summed E-state index contributed by atoms with van der Waals surface area (Å²) in [5.74, 6) is 1.02. The second kappa shape index (κ2) is 5.56. The average molecular weight is 392 g/mol. The highest BCUT2D eigenvalue weighted by atomic mass is 79.9. The highest BCUT2D eigenvalue weighted by molar-refractivity contribution is 9.10. The van der Waals surface area contributed by atoms with Crippen LogP contribution in [0.3, 0.4) is 0 Å². The Kier molecular flexibility index (Phi) is 4.05. The molecule has 2 aromatic rings. The second-order valence-electron chi connectivity index (χ2n) is 5.46. The van der Waals surface area contributed by atoms with Crippen molar-refractivity contribution in [2.45, 2.75) is 36.9 Å². The van der Waals surface area contributed by atoms with Crippen LogP contribution in [-0.2, 0) is 16.4 Å². The van der Waals surface area contributed by atoms with Gasteiger partial charge in [0.2, 0.25) is 0 Å². The molecule has 1 aromatic heterocycles. The molecule has 3 rings (SSSR count). The summed E-state index contributed by atoms with van der Waals surface area (Å²) in [4.78, 5) is 4.56. The smallest absolute Gasteiger partial charge is 0.154 e. The van der Waals surface area contributed by atoms with Crippen molar-refractivity contribution < 1.29 is 8.42 Å². The molecule has 2 heterocycles. The van der Waals surface area contributed by atoms with Crippen LogP contribution in [0.2, 0.25) is 0 Å². The molecular weight excluding hydrogens is 376 g/mol. The number of hydrogen-bond acceptors (Lipinski definition) is 3. The Morgan fingerprint density at radius 1 is 1.52 bits per heavy atom. The molecule has 1 saturated heterocycles. The SMILES string of the molecule is CC(Cl)c1nc2ccc(Br)cc2n1CC1CCCS1(=O)=O. The van der Waals surface area contributed by atoms with Crippen molar-refractivity contribution in [2.24, 2.45) is 0 Å². The molecule has 0 N–H and O–H groups in total. The molecule has 114 valence electrons. The van der Waals surface area contributed by atoms with E-state index in [1.54, 1.807) is 0 Å². The van der Waals surface area contributed by atoms with Gasteiger partial charge in [0, 0.05) is 11.0 Å². The molecule has 0 aliphatic carbocycles. The number of imidazole rings is 1. The molecule has 0 radical (unpaired) electrons. The van der Waals surface area contributed by atoms with Crippen molar-refractivity contribution >= 4 is 48.4 Å². The van der Waals surface area contributed by atoms with E-state index in [2.05, 4.69) is 20.9 Å². The Bertz CT molecular complexity index is 786. The van der Waals surface area contributed by atoms with Gasteiger partial charge in [0.25, 0.3) is 0 Å². The Balaban J connectivity index is 2.11. The molecule has 7 heteroatoms. The van der Waals surface area contributed by atoms with Gasteiger partial charge in [-0.25, -0.2) is 13.4 Å². The molecule has 0 spiro atoms. The average Bonchev–Trinajstić information content (AvgIpc) is 2.91. The van der Waals surface area contributed by atoms with Crippen LogP contribution in [0, 0.1) is 0 Å². The van der Waals surface area contributed by atoms with Gasteiger partial charge in [0.1, 0.15) is 5.82 Å². The summed E-state index contributed by atoms with van der Waals surface area (Å²) in [6.07, 6.45) is 1.46. The second-order valence-corrected chi connectivity index (χ2v) is 9.43. The largest absolute Gasteiger partial charge is 0.325 e. The number of sulfone groups is 1. The van der Waals surface area contributed by atoms with Crippen molar-refractivity contribution in [2.75, 3.05) is 5.75 Å². The van der Waals surface area contributed by atoms with Gasteiger partial charge in [0.05, 0.1) is 27.4 Å². The van der Waals surface area contributed by atoms with Crippen LogP contribution in [0.15, 0.2) is 22.7 Å². The Labute approximate surface area is 137 Å². The highest BCUT2D eigenvalue weighted by Crippen LogP contribution is 2.30. The first-order chi connectivity index (χ1) is 9.88. The van der Waals surface area contributed by atoms with Gasteiger partial charge in [-0.3, -0.25) is 0 Å². The summed E-state index contributed by atoms with van der Waals surface area (Å²) in [7, 11) is -2.99. The van der Waals surface area contributed by atoms with Crippen LogP contribution in [0.25, 0.3) is 11.0 Å². The van der Waals surface area contributed by atoms with E-state index < -0.39 is 9.84 Å². The van der Waals surface area contributed by atoms with Gasteiger partial charge < -0.3 is 4.57 Å². The molecule has 0 bridgehead atoms. The number of benzene rings is 1. The van der Waals surface area contributed by atoms with Gasteiger partial charge in [0.15, 0.2) is 9.84 Å². The Hall–Kier alpha value is -0.590. The number of hydrogen-bond donors (Lipinski definition) is 0. The van der Waals surface area contributed by atoms with Gasteiger partial charge >= 0.3 is 0 Å².